The molecule has 0 unspecified atom stereocenters. The number of amides is 1. The lowest BCUT2D eigenvalue weighted by atomic mass is 9.74. The van der Waals surface area contributed by atoms with Gasteiger partial charge in [0.15, 0.2) is 5.96 Å². The van der Waals surface area contributed by atoms with Crippen molar-refractivity contribution in [3.8, 4) is 5.75 Å². The average Bonchev–Trinajstić information content (AvgIpc) is 3.44. The highest BCUT2D eigenvalue weighted by atomic mass is 19.4. The highest BCUT2D eigenvalue weighted by molar-refractivity contribution is 6.02. The molecule has 4 N–H and O–H groups in total. The van der Waals surface area contributed by atoms with E-state index in [1.54, 1.807) is 13.0 Å². The Morgan fingerprint density at radius 2 is 1.77 bits per heavy atom. The fourth-order valence-corrected chi connectivity index (χ4v) is 4.06. The van der Waals surface area contributed by atoms with Gasteiger partial charge in [-0.1, -0.05) is 36.4 Å². The number of ether oxygens (including phenoxy) is 1. The summed E-state index contributed by atoms with van der Waals surface area (Å²) >= 11 is 0. The first kappa shape index (κ1) is 21.2. The van der Waals surface area contributed by atoms with Gasteiger partial charge in [0.2, 0.25) is 5.91 Å². The van der Waals surface area contributed by atoms with Gasteiger partial charge in [-0.25, -0.2) is 4.99 Å². The number of hydrogen-bond donors (Lipinski definition) is 2. The largest absolute Gasteiger partial charge is 0.573 e. The van der Waals surface area contributed by atoms with Gasteiger partial charge in [-0.15, -0.1) is 13.2 Å². The third-order valence-electron chi connectivity index (χ3n) is 6.09. The van der Waals surface area contributed by atoms with Gasteiger partial charge < -0.3 is 16.2 Å². The first-order valence-corrected chi connectivity index (χ1v) is 9.81. The third-order valence-corrected chi connectivity index (χ3v) is 6.09. The van der Waals surface area contributed by atoms with Crippen molar-refractivity contribution >= 4 is 11.9 Å². The predicted octanol–water partition coefficient (Wildman–Crippen LogP) is 3.32. The van der Waals surface area contributed by atoms with Gasteiger partial charge >= 0.3 is 6.36 Å². The Bertz CT molecular complexity index is 1050. The van der Waals surface area contributed by atoms with Crippen molar-refractivity contribution in [2.75, 3.05) is 7.05 Å². The Morgan fingerprint density at radius 1 is 1.13 bits per heavy atom. The van der Waals surface area contributed by atoms with Crippen molar-refractivity contribution < 1.29 is 22.7 Å². The van der Waals surface area contributed by atoms with Crippen LogP contribution in [0.25, 0.3) is 0 Å². The van der Waals surface area contributed by atoms with E-state index in [1.807, 2.05) is 24.3 Å². The number of guanidine groups is 1. The minimum absolute atomic E-state index is 0.0126. The van der Waals surface area contributed by atoms with Gasteiger partial charge in [0.05, 0.1) is 5.92 Å². The van der Waals surface area contributed by atoms with Crippen molar-refractivity contribution in [2.24, 2.45) is 16.5 Å². The van der Waals surface area contributed by atoms with E-state index in [4.69, 9.17) is 11.5 Å². The fraction of sp³-hybridized carbons (Fsp3) is 0.364. The van der Waals surface area contributed by atoms with E-state index < -0.39 is 17.8 Å². The van der Waals surface area contributed by atoms with E-state index in [-0.39, 0.29) is 23.2 Å². The molecule has 2 aliphatic rings. The summed E-state index contributed by atoms with van der Waals surface area (Å²) in [6, 6.07) is 12.9. The van der Waals surface area contributed by atoms with E-state index >= 15 is 0 Å². The number of carbonyl (C=O) groups excluding carboxylic acids is 1. The van der Waals surface area contributed by atoms with E-state index in [0.29, 0.717) is 11.1 Å². The summed E-state index contributed by atoms with van der Waals surface area (Å²) < 4.78 is 42.2. The van der Waals surface area contributed by atoms with Crippen LogP contribution in [0.3, 0.4) is 0 Å². The van der Waals surface area contributed by atoms with E-state index in [2.05, 4.69) is 9.73 Å². The van der Waals surface area contributed by atoms with Crippen LogP contribution in [-0.4, -0.2) is 30.2 Å². The minimum atomic E-state index is -4.83. The fourth-order valence-electron chi connectivity index (χ4n) is 4.06. The third kappa shape index (κ3) is 3.85. The summed E-state index contributed by atoms with van der Waals surface area (Å²) in [7, 11) is 1.52. The molecule has 1 aliphatic carbocycles. The summed E-state index contributed by atoms with van der Waals surface area (Å²) in [5.41, 5.74) is 12.7. The topological polar surface area (TPSA) is 93.9 Å². The van der Waals surface area contributed by atoms with Crippen molar-refractivity contribution in [1.29, 1.82) is 0 Å². The van der Waals surface area contributed by atoms with Gasteiger partial charge in [-0.3, -0.25) is 9.69 Å². The van der Waals surface area contributed by atoms with Gasteiger partial charge in [-0.05, 0) is 48.6 Å². The molecule has 164 valence electrons. The van der Waals surface area contributed by atoms with Gasteiger partial charge in [0, 0.05) is 12.6 Å². The Morgan fingerprint density at radius 3 is 2.35 bits per heavy atom. The molecule has 9 heteroatoms. The molecule has 2 aromatic carbocycles. The maximum Gasteiger partial charge on any atom is 0.573 e. The Balaban J connectivity index is 1.79. The van der Waals surface area contributed by atoms with Crippen LogP contribution < -0.4 is 16.2 Å². The zero-order valence-electron chi connectivity index (χ0n) is 17.1. The highest BCUT2D eigenvalue weighted by Gasteiger charge is 2.48. The smallest absolute Gasteiger partial charge is 0.406 e. The molecule has 0 spiro atoms. The number of aliphatic imine (C=N–C) groups is 1. The summed E-state index contributed by atoms with van der Waals surface area (Å²) in [5.74, 6) is -1.51. The van der Waals surface area contributed by atoms with Gasteiger partial charge in [0.25, 0.3) is 0 Å². The number of hydrogen-bond acceptors (Lipinski definition) is 5. The van der Waals surface area contributed by atoms with Crippen LogP contribution >= 0.6 is 0 Å². The molecule has 0 bridgehead atoms. The quantitative estimate of drug-likeness (QED) is 0.775. The lowest BCUT2D eigenvalue weighted by molar-refractivity contribution is -0.274. The van der Waals surface area contributed by atoms with Crippen LogP contribution in [0.1, 0.15) is 42.4 Å². The van der Waals surface area contributed by atoms with Crippen molar-refractivity contribution in [2.45, 2.75) is 43.1 Å². The molecule has 0 aromatic heterocycles. The average molecular weight is 432 g/mol. The van der Waals surface area contributed by atoms with Crippen LogP contribution in [0.5, 0.6) is 5.75 Å². The maximum absolute atomic E-state index is 13.3. The number of carbonyl (C=O) groups is 1. The normalized spacial score (nSPS) is 25.2. The minimum Gasteiger partial charge on any atom is -0.406 e. The SMILES string of the molecule is CN1C(=O)[C@H](c2ccc(C3(N)CC3)cc2)[C@@](C)(c2cccc(OC(F)(F)F)c2)N=C1N. The molecule has 1 amide bonds. The van der Waals surface area contributed by atoms with E-state index in [9.17, 15) is 18.0 Å². The zero-order valence-corrected chi connectivity index (χ0v) is 17.1. The second-order valence-electron chi connectivity index (χ2n) is 8.30. The number of nitrogens with two attached hydrogens (primary N) is 2. The van der Waals surface area contributed by atoms with E-state index in [0.717, 1.165) is 18.4 Å². The Hall–Kier alpha value is -3.07. The summed E-state index contributed by atoms with van der Waals surface area (Å²) in [5, 5.41) is 0. The number of alkyl halides is 3. The molecule has 2 aromatic rings. The van der Waals surface area contributed by atoms with Crippen LogP contribution in [-0.2, 0) is 15.9 Å². The van der Waals surface area contributed by atoms with Crippen molar-refractivity contribution in [3.05, 3.63) is 65.2 Å². The molecule has 0 saturated heterocycles. The molecule has 0 radical (unpaired) electrons. The molecule has 6 nitrogen and oxygen atoms in total. The molecular weight excluding hydrogens is 409 g/mol. The van der Waals surface area contributed by atoms with Crippen LogP contribution in [0.15, 0.2) is 53.5 Å². The Kier molecular flexibility index (Phi) is 4.77. The number of likely N-dealkylation sites (N-methyl/N-ethyl adjacent to an activating group) is 1. The lowest BCUT2D eigenvalue weighted by Gasteiger charge is -2.41. The molecule has 4 rings (SSSR count). The monoisotopic (exact) mass is 432 g/mol. The standard InChI is InChI=1S/C22H23F3N4O2/c1-20(15-4-3-5-16(12-15)31-22(23,24)25)17(18(30)29(2)19(26)28-20)13-6-8-14(9-7-13)21(27)10-11-21/h3-9,12,17H,10-11,27H2,1-2H3,(H2,26,28)/t17-,20+/m0/s1. The first-order chi connectivity index (χ1) is 14.4. The first-order valence-electron chi connectivity index (χ1n) is 9.81. The molecule has 31 heavy (non-hydrogen) atoms. The number of halogens is 3. The Labute approximate surface area is 177 Å². The summed E-state index contributed by atoms with van der Waals surface area (Å²) in [4.78, 5) is 19.0. The van der Waals surface area contributed by atoms with Crippen molar-refractivity contribution in [3.63, 3.8) is 0 Å². The number of benzene rings is 2. The molecular formula is C22H23F3N4O2. The molecule has 1 aliphatic heterocycles. The van der Waals surface area contributed by atoms with Crippen LogP contribution in [0, 0.1) is 0 Å². The van der Waals surface area contributed by atoms with Crippen LogP contribution in [0.4, 0.5) is 13.2 Å². The lowest BCUT2D eigenvalue weighted by Crippen LogP contribution is -2.52. The molecule has 1 fully saturated rings. The van der Waals surface area contributed by atoms with Gasteiger partial charge in [-0.2, -0.15) is 0 Å². The van der Waals surface area contributed by atoms with Gasteiger partial charge in [0.1, 0.15) is 11.3 Å². The summed E-state index contributed by atoms with van der Waals surface area (Å²) in [6.45, 7) is 1.68. The second-order valence-corrected chi connectivity index (χ2v) is 8.30. The highest BCUT2D eigenvalue weighted by Crippen LogP contribution is 2.46. The molecule has 1 saturated carbocycles. The maximum atomic E-state index is 13.3. The molecule has 2 atom stereocenters. The molecule has 1 heterocycles. The van der Waals surface area contributed by atoms with Crippen molar-refractivity contribution in [1.82, 2.24) is 4.90 Å². The number of rotatable bonds is 4. The predicted molar refractivity (Wildman–Crippen MR) is 109 cm³/mol. The zero-order chi connectivity index (χ0) is 22.6. The number of nitrogens with zero attached hydrogens (tertiary/aromatic N) is 2. The van der Waals surface area contributed by atoms with Crippen LogP contribution in [0.2, 0.25) is 0 Å². The summed E-state index contributed by atoms with van der Waals surface area (Å²) in [6.07, 6.45) is -3.02. The second kappa shape index (κ2) is 6.98. The van der Waals surface area contributed by atoms with E-state index in [1.165, 1.54) is 30.1 Å².